The Hall–Kier alpha value is -1.78. The van der Waals surface area contributed by atoms with E-state index in [9.17, 15) is 4.79 Å². The van der Waals surface area contributed by atoms with Gasteiger partial charge < -0.3 is 0 Å². The second-order valence-electron chi connectivity index (χ2n) is 4.61. The number of hydrogen-bond acceptors (Lipinski definition) is 2. The second kappa shape index (κ2) is 3.91. The summed E-state index contributed by atoms with van der Waals surface area (Å²) >= 11 is 0. The first-order chi connectivity index (χ1) is 8.25. The minimum absolute atomic E-state index is 0.120. The zero-order chi connectivity index (χ0) is 11.8. The van der Waals surface area contributed by atoms with Crippen molar-refractivity contribution in [3.05, 3.63) is 40.8 Å². The van der Waals surface area contributed by atoms with Gasteiger partial charge in [0.15, 0.2) is 0 Å². The van der Waals surface area contributed by atoms with E-state index in [1.165, 1.54) is 0 Å². The molecular formula is C12H16N4O. The third-order valence-corrected chi connectivity index (χ3v) is 3.35. The summed E-state index contributed by atoms with van der Waals surface area (Å²) in [6.45, 7) is 0.720. The van der Waals surface area contributed by atoms with Gasteiger partial charge in [-0.2, -0.15) is 5.10 Å². The van der Waals surface area contributed by atoms with E-state index in [4.69, 9.17) is 0 Å². The Morgan fingerprint density at radius 2 is 2.24 bits per heavy atom. The third-order valence-electron chi connectivity index (χ3n) is 3.35. The number of nitrogens with zero attached hydrogens (tertiary/aromatic N) is 4. The van der Waals surface area contributed by atoms with Crippen molar-refractivity contribution in [3.8, 4) is 0 Å². The number of aromatic nitrogens is 4. The predicted molar refractivity (Wildman–Crippen MR) is 63.9 cm³/mol. The topological polar surface area (TPSA) is 44.8 Å². The second-order valence-corrected chi connectivity index (χ2v) is 4.61. The molecule has 2 heterocycles. The van der Waals surface area contributed by atoms with Gasteiger partial charge in [0.1, 0.15) is 0 Å². The van der Waals surface area contributed by atoms with Crippen molar-refractivity contribution in [1.29, 1.82) is 0 Å². The van der Waals surface area contributed by atoms with Crippen molar-refractivity contribution in [3.63, 3.8) is 0 Å². The van der Waals surface area contributed by atoms with Gasteiger partial charge in [0, 0.05) is 50.3 Å². The maximum atomic E-state index is 12.0. The lowest BCUT2D eigenvalue weighted by Gasteiger charge is -2.02. The van der Waals surface area contributed by atoms with Gasteiger partial charge >= 0.3 is 5.69 Å². The Labute approximate surface area is 99.3 Å². The lowest BCUT2D eigenvalue weighted by Crippen LogP contribution is -2.24. The summed E-state index contributed by atoms with van der Waals surface area (Å²) in [6, 6.07) is 2.45. The molecule has 1 saturated carbocycles. The Morgan fingerprint density at radius 3 is 2.88 bits per heavy atom. The van der Waals surface area contributed by atoms with Crippen molar-refractivity contribution in [2.45, 2.75) is 31.8 Å². The van der Waals surface area contributed by atoms with Gasteiger partial charge in [-0.3, -0.25) is 13.8 Å². The zero-order valence-electron chi connectivity index (χ0n) is 9.91. The SMILES string of the molecule is Cn1nccc1CCn1ccn(C2CC2)c1=O. The number of imidazole rings is 1. The van der Waals surface area contributed by atoms with Crippen LogP contribution in [0.5, 0.6) is 0 Å². The number of aryl methyl sites for hydroxylation is 3. The maximum absolute atomic E-state index is 12.0. The summed E-state index contributed by atoms with van der Waals surface area (Å²) in [5.74, 6) is 0. The Balaban J connectivity index is 1.73. The van der Waals surface area contributed by atoms with Crippen LogP contribution in [0.2, 0.25) is 0 Å². The fourth-order valence-electron chi connectivity index (χ4n) is 2.11. The molecule has 1 fully saturated rings. The molecule has 0 amide bonds. The molecule has 5 nitrogen and oxygen atoms in total. The van der Waals surface area contributed by atoms with Gasteiger partial charge in [-0.15, -0.1) is 0 Å². The molecule has 0 unspecified atom stereocenters. The van der Waals surface area contributed by atoms with E-state index < -0.39 is 0 Å². The largest absolute Gasteiger partial charge is 0.328 e. The van der Waals surface area contributed by atoms with Crippen LogP contribution >= 0.6 is 0 Å². The fourth-order valence-corrected chi connectivity index (χ4v) is 2.11. The standard InChI is InChI=1S/C12H16N4O/c1-14-10(4-6-13-14)5-7-15-8-9-16(12(15)17)11-2-3-11/h4,6,8-9,11H,2-3,5,7H2,1H3. The van der Waals surface area contributed by atoms with Gasteiger partial charge in [0.25, 0.3) is 0 Å². The van der Waals surface area contributed by atoms with E-state index in [1.54, 1.807) is 10.8 Å². The highest BCUT2D eigenvalue weighted by Gasteiger charge is 2.25. The molecule has 2 aromatic heterocycles. The molecule has 0 bridgehead atoms. The van der Waals surface area contributed by atoms with Crippen molar-refractivity contribution >= 4 is 0 Å². The van der Waals surface area contributed by atoms with Gasteiger partial charge in [-0.25, -0.2) is 4.79 Å². The van der Waals surface area contributed by atoms with Gasteiger partial charge in [-0.1, -0.05) is 0 Å². The average molecular weight is 232 g/mol. The molecular weight excluding hydrogens is 216 g/mol. The molecule has 0 atom stereocenters. The van der Waals surface area contributed by atoms with Crippen molar-refractivity contribution in [2.75, 3.05) is 0 Å². The van der Waals surface area contributed by atoms with Crippen LogP contribution in [0.1, 0.15) is 24.6 Å². The average Bonchev–Trinajstić information content (AvgIpc) is 2.98. The molecule has 0 spiro atoms. The van der Waals surface area contributed by atoms with Crippen LogP contribution in [-0.4, -0.2) is 18.9 Å². The molecule has 1 aliphatic carbocycles. The molecule has 3 rings (SSSR count). The first-order valence-electron chi connectivity index (χ1n) is 6.00. The van der Waals surface area contributed by atoms with Crippen LogP contribution in [0.4, 0.5) is 0 Å². The van der Waals surface area contributed by atoms with Gasteiger partial charge in [0.05, 0.1) is 0 Å². The molecule has 0 aromatic carbocycles. The monoisotopic (exact) mass is 232 g/mol. The third kappa shape index (κ3) is 1.92. The summed E-state index contributed by atoms with van der Waals surface area (Å²) in [4.78, 5) is 12.0. The summed E-state index contributed by atoms with van der Waals surface area (Å²) in [7, 11) is 1.92. The summed E-state index contributed by atoms with van der Waals surface area (Å²) in [6.07, 6.45) is 8.70. The predicted octanol–water partition coefficient (Wildman–Crippen LogP) is 0.961. The van der Waals surface area contributed by atoms with Crippen LogP contribution in [0, 0.1) is 0 Å². The van der Waals surface area contributed by atoms with Gasteiger partial charge in [-0.05, 0) is 18.9 Å². The molecule has 1 aliphatic rings. The number of rotatable bonds is 4. The molecule has 90 valence electrons. The fraction of sp³-hybridized carbons (Fsp3) is 0.500. The van der Waals surface area contributed by atoms with E-state index in [0.717, 1.165) is 31.5 Å². The van der Waals surface area contributed by atoms with Crippen molar-refractivity contribution in [2.24, 2.45) is 7.05 Å². The Bertz CT molecular complexity index is 573. The van der Waals surface area contributed by atoms with Crippen LogP contribution in [0.25, 0.3) is 0 Å². The summed E-state index contributed by atoms with van der Waals surface area (Å²) < 4.78 is 5.48. The van der Waals surface area contributed by atoms with E-state index in [1.807, 2.05) is 34.8 Å². The zero-order valence-corrected chi connectivity index (χ0v) is 9.91. The van der Waals surface area contributed by atoms with E-state index in [2.05, 4.69) is 5.10 Å². The van der Waals surface area contributed by atoms with Crippen molar-refractivity contribution < 1.29 is 0 Å². The highest BCUT2D eigenvalue weighted by molar-refractivity contribution is 5.00. The van der Waals surface area contributed by atoms with Crippen LogP contribution in [0.3, 0.4) is 0 Å². The quantitative estimate of drug-likeness (QED) is 0.788. The van der Waals surface area contributed by atoms with Crippen LogP contribution in [-0.2, 0) is 20.0 Å². The summed E-state index contributed by atoms with van der Waals surface area (Å²) in [5.41, 5.74) is 1.27. The molecule has 0 saturated heterocycles. The van der Waals surface area contributed by atoms with E-state index in [0.29, 0.717) is 6.04 Å². The Kier molecular flexibility index (Phi) is 2.39. The minimum atomic E-state index is 0.120. The molecule has 17 heavy (non-hydrogen) atoms. The molecule has 5 heteroatoms. The van der Waals surface area contributed by atoms with Crippen LogP contribution < -0.4 is 5.69 Å². The normalized spacial score (nSPS) is 15.4. The maximum Gasteiger partial charge on any atom is 0.328 e. The lowest BCUT2D eigenvalue weighted by molar-refractivity contribution is 0.596. The Morgan fingerprint density at radius 1 is 1.41 bits per heavy atom. The highest BCUT2D eigenvalue weighted by atomic mass is 16.1. The highest BCUT2D eigenvalue weighted by Crippen LogP contribution is 2.33. The smallest absolute Gasteiger partial charge is 0.299 e. The molecule has 2 aromatic rings. The minimum Gasteiger partial charge on any atom is -0.299 e. The molecule has 0 radical (unpaired) electrons. The first kappa shape index (κ1) is 10.4. The first-order valence-corrected chi connectivity index (χ1v) is 6.00. The van der Waals surface area contributed by atoms with E-state index >= 15 is 0 Å². The number of hydrogen-bond donors (Lipinski definition) is 0. The lowest BCUT2D eigenvalue weighted by atomic mass is 10.3. The molecule has 0 N–H and O–H groups in total. The van der Waals surface area contributed by atoms with Gasteiger partial charge in [0.2, 0.25) is 0 Å². The van der Waals surface area contributed by atoms with Crippen LogP contribution in [0.15, 0.2) is 29.5 Å². The van der Waals surface area contributed by atoms with Crippen molar-refractivity contribution in [1.82, 2.24) is 18.9 Å². The molecule has 0 aliphatic heterocycles. The van der Waals surface area contributed by atoms with E-state index in [-0.39, 0.29) is 5.69 Å². The summed E-state index contributed by atoms with van der Waals surface area (Å²) in [5, 5.41) is 4.12.